The lowest BCUT2D eigenvalue weighted by molar-refractivity contribution is -0.145. The first-order chi connectivity index (χ1) is 11.4. The van der Waals surface area contributed by atoms with E-state index in [1.54, 1.807) is 36.9 Å². The number of para-hydroxylation sites is 2. The number of fused-ring (bicyclic) bond motifs is 1. The zero-order chi connectivity index (χ0) is 17.5. The molecular weight excluding hydrogens is 310 g/mol. The third kappa shape index (κ3) is 2.33. The Kier molecular flexibility index (Phi) is 3.79. The predicted molar refractivity (Wildman–Crippen MR) is 88.1 cm³/mol. The van der Waals surface area contributed by atoms with Crippen LogP contribution in [0.2, 0.25) is 0 Å². The monoisotopic (exact) mass is 329 g/mol. The molecule has 1 aromatic heterocycles. The molecule has 1 aliphatic heterocycles. The minimum Gasteiger partial charge on any atom is -0.465 e. The van der Waals surface area contributed by atoms with Gasteiger partial charge < -0.3 is 19.5 Å². The predicted octanol–water partition coefficient (Wildman–Crippen LogP) is 2.43. The van der Waals surface area contributed by atoms with Crippen molar-refractivity contribution < 1.29 is 18.8 Å². The van der Waals surface area contributed by atoms with Crippen molar-refractivity contribution in [2.24, 2.45) is 0 Å². The van der Waals surface area contributed by atoms with Gasteiger partial charge in [-0.2, -0.15) is 0 Å². The third-order valence-electron chi connectivity index (χ3n) is 4.14. The van der Waals surface area contributed by atoms with Gasteiger partial charge in [-0.25, -0.2) is 0 Å². The summed E-state index contributed by atoms with van der Waals surface area (Å²) in [6, 6.07) is 7.16. The number of likely N-dealkylation sites (N-methyl/N-ethyl adjacent to an activating group) is 1. The van der Waals surface area contributed by atoms with Gasteiger partial charge in [-0.05, 0) is 39.8 Å². The molecule has 1 unspecified atom stereocenters. The molecule has 7 nitrogen and oxygen atoms in total. The van der Waals surface area contributed by atoms with E-state index in [0.29, 0.717) is 35.1 Å². The number of anilines is 2. The summed E-state index contributed by atoms with van der Waals surface area (Å²) in [5.74, 6) is -0.00127. The number of hydrogen-bond acceptors (Lipinski definition) is 5. The van der Waals surface area contributed by atoms with E-state index in [9.17, 15) is 9.59 Å². The molecule has 0 saturated heterocycles. The molecule has 2 heterocycles. The summed E-state index contributed by atoms with van der Waals surface area (Å²) in [4.78, 5) is 27.2. The van der Waals surface area contributed by atoms with E-state index in [4.69, 9.17) is 9.26 Å². The topological polar surface area (TPSA) is 84.7 Å². The van der Waals surface area contributed by atoms with Crippen molar-refractivity contribution in [3.63, 3.8) is 0 Å². The SMILES string of the molecule is CCN1C(=O)C(C)(C(=O)Nc2c(C)noc2C)Oc2ccccc21. The van der Waals surface area contributed by atoms with Crippen LogP contribution < -0.4 is 15.0 Å². The summed E-state index contributed by atoms with van der Waals surface area (Å²) < 4.78 is 10.8. The molecule has 2 aromatic rings. The molecule has 0 fully saturated rings. The largest absolute Gasteiger partial charge is 0.465 e. The normalized spacial score (nSPS) is 19.7. The van der Waals surface area contributed by atoms with E-state index in [-0.39, 0.29) is 0 Å². The third-order valence-corrected chi connectivity index (χ3v) is 4.14. The van der Waals surface area contributed by atoms with Gasteiger partial charge in [0.1, 0.15) is 17.1 Å². The van der Waals surface area contributed by atoms with Gasteiger partial charge in [0.15, 0.2) is 5.76 Å². The van der Waals surface area contributed by atoms with Gasteiger partial charge in [0.2, 0.25) is 0 Å². The maximum atomic E-state index is 12.9. The van der Waals surface area contributed by atoms with Crippen LogP contribution in [-0.2, 0) is 9.59 Å². The molecule has 0 saturated carbocycles. The summed E-state index contributed by atoms with van der Waals surface area (Å²) in [5.41, 5.74) is -0.00634. The number of nitrogens with one attached hydrogen (secondary N) is 1. The summed E-state index contributed by atoms with van der Waals surface area (Å²) >= 11 is 0. The Hall–Kier alpha value is -2.83. The molecule has 0 aliphatic carbocycles. The molecule has 2 amide bonds. The van der Waals surface area contributed by atoms with Gasteiger partial charge in [0.05, 0.1) is 5.69 Å². The highest BCUT2D eigenvalue weighted by Crippen LogP contribution is 2.38. The van der Waals surface area contributed by atoms with Crippen molar-refractivity contribution in [1.29, 1.82) is 0 Å². The summed E-state index contributed by atoms with van der Waals surface area (Å²) in [6.07, 6.45) is 0. The Balaban J connectivity index is 1.97. The molecule has 0 spiro atoms. The van der Waals surface area contributed by atoms with Gasteiger partial charge >= 0.3 is 0 Å². The number of carbonyl (C=O) groups is 2. The van der Waals surface area contributed by atoms with Crippen molar-refractivity contribution in [3.8, 4) is 5.75 Å². The Morgan fingerprint density at radius 2 is 2.04 bits per heavy atom. The van der Waals surface area contributed by atoms with Crippen LogP contribution in [0, 0.1) is 13.8 Å². The zero-order valence-electron chi connectivity index (χ0n) is 14.0. The fraction of sp³-hybridized carbons (Fsp3) is 0.353. The van der Waals surface area contributed by atoms with Gasteiger partial charge in [0, 0.05) is 6.54 Å². The van der Waals surface area contributed by atoms with E-state index < -0.39 is 17.4 Å². The summed E-state index contributed by atoms with van der Waals surface area (Å²) in [6.45, 7) is 7.17. The zero-order valence-corrected chi connectivity index (χ0v) is 14.0. The Morgan fingerprint density at radius 3 is 2.67 bits per heavy atom. The van der Waals surface area contributed by atoms with Crippen LogP contribution in [0.25, 0.3) is 0 Å². The van der Waals surface area contributed by atoms with Crippen LogP contribution in [0.3, 0.4) is 0 Å². The number of aryl methyl sites for hydroxylation is 2. The molecule has 1 atom stereocenters. The average Bonchev–Trinajstić information content (AvgIpc) is 2.88. The first-order valence-electron chi connectivity index (χ1n) is 7.72. The van der Waals surface area contributed by atoms with E-state index >= 15 is 0 Å². The maximum absolute atomic E-state index is 12.9. The van der Waals surface area contributed by atoms with Gasteiger partial charge in [-0.3, -0.25) is 9.59 Å². The van der Waals surface area contributed by atoms with Crippen LogP contribution in [0.15, 0.2) is 28.8 Å². The van der Waals surface area contributed by atoms with Gasteiger partial charge in [-0.15, -0.1) is 0 Å². The van der Waals surface area contributed by atoms with Crippen molar-refractivity contribution >= 4 is 23.2 Å². The number of carbonyl (C=O) groups excluding carboxylic acids is 2. The molecule has 7 heteroatoms. The first kappa shape index (κ1) is 16.0. The number of nitrogens with zero attached hydrogens (tertiary/aromatic N) is 2. The Labute approximate surface area is 139 Å². The van der Waals surface area contributed by atoms with Crippen LogP contribution in [0.5, 0.6) is 5.75 Å². The maximum Gasteiger partial charge on any atom is 0.280 e. The molecule has 3 rings (SSSR count). The standard InChI is InChI=1S/C17H19N3O4/c1-5-20-12-8-6-7-9-13(12)23-17(4,16(20)22)15(21)18-14-10(2)19-24-11(14)3/h6-9H,5H2,1-4H3,(H,18,21). The number of aromatic nitrogens is 1. The second kappa shape index (κ2) is 5.67. The molecule has 1 aromatic carbocycles. The number of benzene rings is 1. The lowest BCUT2D eigenvalue weighted by atomic mass is 9.99. The van der Waals surface area contributed by atoms with Crippen molar-refractivity contribution in [3.05, 3.63) is 35.7 Å². The van der Waals surface area contributed by atoms with Crippen LogP contribution >= 0.6 is 0 Å². The van der Waals surface area contributed by atoms with Crippen molar-refractivity contribution in [1.82, 2.24) is 5.16 Å². The van der Waals surface area contributed by atoms with Gasteiger partial charge in [0.25, 0.3) is 17.4 Å². The van der Waals surface area contributed by atoms with Crippen LogP contribution in [0.4, 0.5) is 11.4 Å². The van der Waals surface area contributed by atoms with Gasteiger partial charge in [-0.1, -0.05) is 17.3 Å². The molecule has 126 valence electrons. The molecule has 1 aliphatic rings. The number of rotatable bonds is 3. The van der Waals surface area contributed by atoms with E-state index in [0.717, 1.165) is 0 Å². The second-order valence-corrected chi connectivity index (χ2v) is 5.81. The number of ether oxygens (including phenoxy) is 1. The second-order valence-electron chi connectivity index (χ2n) is 5.81. The van der Waals surface area contributed by atoms with Crippen molar-refractivity contribution in [2.45, 2.75) is 33.3 Å². The van der Waals surface area contributed by atoms with Crippen LogP contribution in [0.1, 0.15) is 25.3 Å². The van der Waals surface area contributed by atoms with E-state index in [1.165, 1.54) is 6.92 Å². The molecule has 24 heavy (non-hydrogen) atoms. The van der Waals surface area contributed by atoms with Crippen molar-refractivity contribution in [2.75, 3.05) is 16.8 Å². The average molecular weight is 329 g/mol. The highest BCUT2D eigenvalue weighted by atomic mass is 16.5. The molecule has 1 N–H and O–H groups in total. The first-order valence-corrected chi connectivity index (χ1v) is 7.72. The van der Waals surface area contributed by atoms with E-state index in [2.05, 4.69) is 10.5 Å². The molecule has 0 radical (unpaired) electrons. The molecule has 0 bridgehead atoms. The van der Waals surface area contributed by atoms with Crippen LogP contribution in [-0.4, -0.2) is 29.1 Å². The Bertz CT molecular complexity index is 794. The summed E-state index contributed by atoms with van der Waals surface area (Å²) in [5, 5.41) is 6.50. The lowest BCUT2D eigenvalue weighted by Gasteiger charge is -2.39. The fourth-order valence-electron chi connectivity index (χ4n) is 2.75. The Morgan fingerprint density at radius 1 is 1.33 bits per heavy atom. The smallest absolute Gasteiger partial charge is 0.280 e. The quantitative estimate of drug-likeness (QED) is 0.874. The fourth-order valence-corrected chi connectivity index (χ4v) is 2.75. The minimum atomic E-state index is -1.67. The lowest BCUT2D eigenvalue weighted by Crippen LogP contribution is -2.60. The highest BCUT2D eigenvalue weighted by Gasteiger charge is 2.50. The number of hydrogen-bond donors (Lipinski definition) is 1. The highest BCUT2D eigenvalue weighted by molar-refractivity contribution is 6.20. The summed E-state index contributed by atoms with van der Waals surface area (Å²) in [7, 11) is 0. The number of amides is 2. The minimum absolute atomic E-state index is 0.409. The van der Waals surface area contributed by atoms with E-state index in [1.807, 2.05) is 13.0 Å². The molecular formula is C17H19N3O4.